The van der Waals surface area contributed by atoms with Crippen molar-refractivity contribution in [2.45, 2.75) is 44.4 Å². The minimum absolute atomic E-state index is 0.0484. The van der Waals surface area contributed by atoms with Crippen molar-refractivity contribution in [3.05, 3.63) is 51.7 Å². The molecule has 0 bridgehead atoms. The van der Waals surface area contributed by atoms with Crippen LogP contribution in [0.4, 0.5) is 23.9 Å². The number of pyridine rings is 1. The highest BCUT2D eigenvalue weighted by atomic mass is 19.4. The zero-order chi connectivity index (χ0) is 22.9. The van der Waals surface area contributed by atoms with E-state index in [2.05, 4.69) is 15.0 Å². The maximum Gasteiger partial charge on any atom is 0.421 e. The zero-order valence-corrected chi connectivity index (χ0v) is 17.6. The smallest absolute Gasteiger partial charge is 0.421 e. The highest BCUT2D eigenvalue weighted by molar-refractivity contribution is 5.68. The highest BCUT2D eigenvalue weighted by Crippen LogP contribution is 2.39. The number of carbonyl (C=O) groups is 1. The van der Waals surface area contributed by atoms with E-state index < -0.39 is 29.5 Å². The Morgan fingerprint density at radius 1 is 1.22 bits per heavy atom. The van der Waals surface area contributed by atoms with Gasteiger partial charge in [0.25, 0.3) is 5.56 Å². The molecule has 0 radical (unpaired) electrons. The van der Waals surface area contributed by atoms with Crippen LogP contribution in [0, 0.1) is 0 Å². The number of carbonyl (C=O) groups excluding carboxylic acids is 1. The van der Waals surface area contributed by atoms with Crippen molar-refractivity contribution in [3.63, 3.8) is 0 Å². The third-order valence-corrected chi connectivity index (χ3v) is 5.62. The van der Waals surface area contributed by atoms with Gasteiger partial charge in [-0.05, 0) is 42.9 Å². The van der Waals surface area contributed by atoms with Crippen LogP contribution in [0.1, 0.15) is 42.4 Å². The summed E-state index contributed by atoms with van der Waals surface area (Å²) in [6, 6.07) is 0.788. The number of alkyl halides is 3. The molecule has 8 nitrogen and oxygen atoms in total. The van der Waals surface area contributed by atoms with Gasteiger partial charge in [-0.25, -0.2) is 14.8 Å². The quantitative estimate of drug-likeness (QED) is 0.752. The van der Waals surface area contributed by atoms with Crippen molar-refractivity contribution >= 4 is 12.0 Å². The van der Waals surface area contributed by atoms with Crippen LogP contribution < -0.4 is 10.5 Å². The third-order valence-electron chi connectivity index (χ3n) is 5.62. The van der Waals surface area contributed by atoms with Crippen LogP contribution in [0.2, 0.25) is 0 Å². The zero-order valence-electron chi connectivity index (χ0n) is 17.6. The summed E-state index contributed by atoms with van der Waals surface area (Å²) in [7, 11) is 0. The molecule has 1 saturated carbocycles. The van der Waals surface area contributed by atoms with Gasteiger partial charge in [-0.3, -0.25) is 4.79 Å². The fraction of sp³-hybridized carbons (Fsp3) is 0.524. The number of ether oxygens (including phenoxy) is 1. The van der Waals surface area contributed by atoms with Gasteiger partial charge < -0.3 is 19.5 Å². The number of nitrogens with zero attached hydrogens (tertiary/aromatic N) is 4. The summed E-state index contributed by atoms with van der Waals surface area (Å²) in [4.78, 5) is 38.4. The van der Waals surface area contributed by atoms with E-state index >= 15 is 0 Å². The van der Waals surface area contributed by atoms with Crippen molar-refractivity contribution in [3.8, 4) is 0 Å². The number of H-pyrrole nitrogens is 1. The molecule has 2 aliphatic rings. The van der Waals surface area contributed by atoms with Gasteiger partial charge in [-0.2, -0.15) is 13.2 Å². The molecule has 1 atom stereocenters. The second-order valence-corrected chi connectivity index (χ2v) is 8.21. The first-order valence-corrected chi connectivity index (χ1v) is 10.5. The molecule has 0 aromatic carbocycles. The molecule has 0 unspecified atom stereocenters. The summed E-state index contributed by atoms with van der Waals surface area (Å²) in [6.07, 6.45) is 1.43. The molecule has 11 heteroatoms. The molecular weight excluding hydrogens is 427 g/mol. The number of rotatable bonds is 5. The molecule has 1 aliphatic carbocycles. The summed E-state index contributed by atoms with van der Waals surface area (Å²) < 4.78 is 44.1. The second-order valence-electron chi connectivity index (χ2n) is 8.21. The van der Waals surface area contributed by atoms with Gasteiger partial charge in [0.1, 0.15) is 11.7 Å². The molecule has 1 saturated heterocycles. The first kappa shape index (κ1) is 22.1. The SMILES string of the molecule is C[C@@H](Cc1c[nH]c(=O)c(C(F)(F)F)c1)OC(=O)N1CCN(c2ncc(C3CC3)cn2)CC1. The van der Waals surface area contributed by atoms with Crippen molar-refractivity contribution in [1.82, 2.24) is 19.9 Å². The topological polar surface area (TPSA) is 91.4 Å². The Hall–Kier alpha value is -3.11. The number of anilines is 1. The van der Waals surface area contributed by atoms with E-state index in [1.807, 2.05) is 17.3 Å². The van der Waals surface area contributed by atoms with Crippen LogP contribution in [0.15, 0.2) is 29.5 Å². The first-order valence-electron chi connectivity index (χ1n) is 10.5. The molecule has 1 amide bonds. The van der Waals surface area contributed by atoms with Crippen molar-refractivity contribution < 1.29 is 22.7 Å². The number of hydrogen-bond donors (Lipinski definition) is 1. The van der Waals surface area contributed by atoms with Crippen molar-refractivity contribution in [1.29, 1.82) is 0 Å². The van der Waals surface area contributed by atoms with Gasteiger partial charge in [0.05, 0.1) is 0 Å². The fourth-order valence-corrected chi connectivity index (χ4v) is 3.69. The van der Waals surface area contributed by atoms with Crippen LogP contribution in [0.25, 0.3) is 0 Å². The Labute approximate surface area is 182 Å². The molecule has 1 aliphatic heterocycles. The lowest BCUT2D eigenvalue weighted by Gasteiger charge is -2.34. The van der Waals surface area contributed by atoms with E-state index in [-0.39, 0.29) is 12.0 Å². The summed E-state index contributed by atoms with van der Waals surface area (Å²) in [6.45, 7) is 3.57. The number of amides is 1. The molecule has 2 aromatic heterocycles. The number of aromatic nitrogens is 3. The maximum absolute atomic E-state index is 12.9. The summed E-state index contributed by atoms with van der Waals surface area (Å²) in [5, 5.41) is 0. The van der Waals surface area contributed by atoms with Crippen LogP contribution in [0.5, 0.6) is 0 Å². The normalized spacial score (nSPS) is 17.9. The predicted octanol–water partition coefficient (Wildman–Crippen LogP) is 2.95. The Morgan fingerprint density at radius 2 is 1.88 bits per heavy atom. The predicted molar refractivity (Wildman–Crippen MR) is 110 cm³/mol. The average Bonchev–Trinajstić information content (AvgIpc) is 3.60. The van der Waals surface area contributed by atoms with Crippen LogP contribution in [-0.2, 0) is 17.3 Å². The van der Waals surface area contributed by atoms with Crippen molar-refractivity contribution in [2.75, 3.05) is 31.1 Å². The Kier molecular flexibility index (Phi) is 6.07. The molecule has 172 valence electrons. The third kappa shape index (κ3) is 5.20. The summed E-state index contributed by atoms with van der Waals surface area (Å²) >= 11 is 0. The maximum atomic E-state index is 12.9. The highest BCUT2D eigenvalue weighted by Gasteiger charge is 2.34. The fourth-order valence-electron chi connectivity index (χ4n) is 3.69. The second kappa shape index (κ2) is 8.79. The lowest BCUT2D eigenvalue weighted by atomic mass is 10.1. The lowest BCUT2D eigenvalue weighted by molar-refractivity contribution is -0.138. The van der Waals surface area contributed by atoms with Crippen molar-refractivity contribution in [2.24, 2.45) is 0 Å². The molecule has 1 N–H and O–H groups in total. The van der Waals surface area contributed by atoms with Gasteiger partial charge in [-0.1, -0.05) is 0 Å². The monoisotopic (exact) mass is 451 g/mol. The minimum Gasteiger partial charge on any atom is -0.446 e. The van der Waals surface area contributed by atoms with E-state index in [0.29, 0.717) is 38.0 Å². The van der Waals surface area contributed by atoms with E-state index in [9.17, 15) is 22.8 Å². The minimum atomic E-state index is -4.74. The van der Waals surface area contributed by atoms with Gasteiger partial charge >= 0.3 is 12.3 Å². The molecule has 2 fully saturated rings. The first-order chi connectivity index (χ1) is 15.2. The van der Waals surface area contributed by atoms with E-state index in [0.717, 1.165) is 11.6 Å². The Balaban J connectivity index is 1.27. The van der Waals surface area contributed by atoms with Gasteiger partial charge in [0.15, 0.2) is 0 Å². The number of halogens is 3. The lowest BCUT2D eigenvalue weighted by Crippen LogP contribution is -2.50. The Bertz CT molecular complexity index is 1010. The van der Waals surface area contributed by atoms with Gasteiger partial charge in [-0.15, -0.1) is 0 Å². The van der Waals surface area contributed by atoms with Gasteiger partial charge in [0, 0.05) is 51.2 Å². The molecule has 2 aromatic rings. The number of piperazine rings is 1. The number of aromatic amines is 1. The summed E-state index contributed by atoms with van der Waals surface area (Å²) in [5.41, 5.74) is -1.07. The number of hydrogen-bond acceptors (Lipinski definition) is 6. The van der Waals surface area contributed by atoms with Crippen LogP contribution in [-0.4, -0.2) is 58.2 Å². The molecule has 0 spiro atoms. The number of nitrogens with one attached hydrogen (secondary N) is 1. The molecule has 4 rings (SSSR count). The van der Waals surface area contributed by atoms with Crippen LogP contribution in [0.3, 0.4) is 0 Å². The standard InChI is InChI=1S/C21H24F3N5O3/c1-13(8-14-9-17(21(22,23)24)18(30)25-10-14)32-20(31)29-6-4-28(5-7-29)19-26-11-16(12-27-19)15-2-3-15/h9-13,15H,2-8H2,1H3,(H,25,30)/t13-/m0/s1. The van der Waals surface area contributed by atoms with Gasteiger partial charge in [0.2, 0.25) is 5.95 Å². The van der Waals surface area contributed by atoms with E-state index in [1.54, 1.807) is 11.8 Å². The Morgan fingerprint density at radius 3 is 2.47 bits per heavy atom. The molecule has 32 heavy (non-hydrogen) atoms. The van der Waals surface area contributed by atoms with E-state index in [4.69, 9.17) is 4.74 Å². The summed E-state index contributed by atoms with van der Waals surface area (Å²) in [5.74, 6) is 1.23. The largest absolute Gasteiger partial charge is 0.446 e. The van der Waals surface area contributed by atoms with Crippen LogP contribution >= 0.6 is 0 Å². The molecular formula is C21H24F3N5O3. The molecule has 3 heterocycles. The average molecular weight is 451 g/mol. The van der Waals surface area contributed by atoms with E-state index in [1.165, 1.54) is 19.0 Å².